The van der Waals surface area contributed by atoms with Crippen LogP contribution in [0.15, 0.2) is 0 Å². The first-order valence-corrected chi connectivity index (χ1v) is 4.26. The molecule has 0 aromatic carbocycles. The normalized spacial score (nSPS) is 11.5. The zero-order valence-corrected chi connectivity index (χ0v) is 14.4. The predicted molar refractivity (Wildman–Crippen MR) is 60.8 cm³/mol. The van der Waals surface area contributed by atoms with Gasteiger partial charge in [-0.15, -0.1) is 0 Å². The van der Waals surface area contributed by atoms with Gasteiger partial charge in [-0.05, 0) is 17.3 Å². The van der Waals surface area contributed by atoms with E-state index in [-0.39, 0.29) is 42.6 Å². The molecule has 0 aromatic heterocycles. The molecule has 0 aliphatic heterocycles. The molecule has 0 aliphatic carbocycles. The van der Waals surface area contributed by atoms with Crippen LogP contribution < -0.4 is 0 Å². The third-order valence-corrected chi connectivity index (χ3v) is 1.54. The van der Waals surface area contributed by atoms with E-state index < -0.39 is 0 Å². The minimum atomic E-state index is 0. The molecule has 1 nitrogen and oxygen atoms in total. The van der Waals surface area contributed by atoms with E-state index in [9.17, 15) is 0 Å². The van der Waals surface area contributed by atoms with Crippen molar-refractivity contribution in [1.82, 2.24) is 0 Å². The largest absolute Gasteiger partial charge is 0.384 e. The van der Waals surface area contributed by atoms with Crippen molar-refractivity contribution in [3.63, 3.8) is 0 Å². The number of hydrogen-bond donors (Lipinski definition) is 0. The van der Waals surface area contributed by atoms with Gasteiger partial charge in [0, 0.05) is 39.8 Å². The molecule has 1 unspecified atom stereocenters. The number of hydrogen-bond acceptors (Lipinski definition) is 1. The van der Waals surface area contributed by atoms with Crippen LogP contribution in [0.1, 0.15) is 41.0 Å². The topological polar surface area (TPSA) is 9.23 Å². The summed E-state index contributed by atoms with van der Waals surface area (Å²) >= 11 is 0. The molecular formula is C10H25OPY. The van der Waals surface area contributed by atoms with Crippen molar-refractivity contribution >= 4 is 9.90 Å². The van der Waals surface area contributed by atoms with Crippen molar-refractivity contribution < 1.29 is 37.4 Å². The van der Waals surface area contributed by atoms with Crippen molar-refractivity contribution in [3.05, 3.63) is 0 Å². The molecule has 0 amide bonds. The Morgan fingerprint density at radius 1 is 1.00 bits per heavy atom. The average molecular weight is 281 g/mol. The van der Waals surface area contributed by atoms with Gasteiger partial charge in [-0.25, -0.2) is 0 Å². The molecule has 0 saturated carbocycles. The Labute approximate surface area is 112 Å². The number of rotatable bonds is 3. The van der Waals surface area contributed by atoms with E-state index in [1.54, 1.807) is 7.11 Å². The average Bonchev–Trinajstić information content (AvgIpc) is 1.55. The SMILES string of the molecule is COCC(C)(C)CC(C)(C)C.P.[Y]. The second-order valence-electron chi connectivity index (χ2n) is 5.33. The summed E-state index contributed by atoms with van der Waals surface area (Å²) < 4.78 is 5.15. The molecule has 1 atom stereocenters. The third-order valence-electron chi connectivity index (χ3n) is 1.54. The summed E-state index contributed by atoms with van der Waals surface area (Å²) in [7, 11) is 1.77. The monoisotopic (exact) mass is 281 g/mol. The summed E-state index contributed by atoms with van der Waals surface area (Å²) in [6.07, 6.45) is 1.20. The molecule has 0 saturated heterocycles. The van der Waals surface area contributed by atoms with E-state index in [0.29, 0.717) is 10.8 Å². The van der Waals surface area contributed by atoms with Crippen LogP contribution in [-0.4, -0.2) is 13.7 Å². The molecule has 1 radical (unpaired) electrons. The Hall–Kier alpha value is 1.49. The Kier molecular flexibility index (Phi) is 11.9. The van der Waals surface area contributed by atoms with Gasteiger partial charge in [0.25, 0.3) is 0 Å². The fraction of sp³-hybridized carbons (Fsp3) is 1.00. The van der Waals surface area contributed by atoms with Crippen LogP contribution in [0, 0.1) is 10.8 Å². The summed E-state index contributed by atoms with van der Waals surface area (Å²) in [6.45, 7) is 12.2. The fourth-order valence-corrected chi connectivity index (χ4v) is 1.88. The summed E-state index contributed by atoms with van der Waals surface area (Å²) in [5, 5.41) is 0. The van der Waals surface area contributed by atoms with Crippen molar-refractivity contribution in [2.45, 2.75) is 41.0 Å². The first-order valence-electron chi connectivity index (χ1n) is 4.26. The number of ether oxygens (including phenoxy) is 1. The van der Waals surface area contributed by atoms with Crippen molar-refractivity contribution in [1.29, 1.82) is 0 Å². The van der Waals surface area contributed by atoms with Crippen LogP contribution in [0.3, 0.4) is 0 Å². The summed E-state index contributed by atoms with van der Waals surface area (Å²) in [4.78, 5) is 0. The van der Waals surface area contributed by atoms with Gasteiger partial charge in [0.1, 0.15) is 0 Å². The maximum atomic E-state index is 5.15. The van der Waals surface area contributed by atoms with Gasteiger partial charge in [0.05, 0.1) is 6.61 Å². The maximum Gasteiger partial charge on any atom is 0.0513 e. The molecule has 0 bridgehead atoms. The summed E-state index contributed by atoms with van der Waals surface area (Å²) in [5.74, 6) is 0. The summed E-state index contributed by atoms with van der Waals surface area (Å²) in [5.41, 5.74) is 0.717. The van der Waals surface area contributed by atoms with Crippen molar-refractivity contribution in [3.8, 4) is 0 Å². The zero-order chi connectivity index (χ0) is 9.12. The maximum absolute atomic E-state index is 5.15. The minimum Gasteiger partial charge on any atom is -0.384 e. The molecule has 0 fully saturated rings. The van der Waals surface area contributed by atoms with Gasteiger partial charge in [-0.2, -0.15) is 9.90 Å². The van der Waals surface area contributed by atoms with Gasteiger partial charge in [0.15, 0.2) is 0 Å². The minimum absolute atomic E-state index is 0. The Balaban J connectivity index is -0.000000500. The standard InChI is InChI=1S/C10H22O.H3P.Y/c1-9(2,3)7-10(4,5)8-11-6;;/h7-8H2,1-6H3;1H3;. The van der Waals surface area contributed by atoms with Crippen LogP contribution in [0.5, 0.6) is 0 Å². The Morgan fingerprint density at radius 2 is 1.38 bits per heavy atom. The second-order valence-corrected chi connectivity index (χ2v) is 5.33. The van der Waals surface area contributed by atoms with Crippen LogP contribution >= 0.6 is 9.90 Å². The Bertz CT molecular complexity index is 119. The summed E-state index contributed by atoms with van der Waals surface area (Å²) in [6, 6.07) is 0. The van der Waals surface area contributed by atoms with Crippen LogP contribution in [0.4, 0.5) is 0 Å². The molecule has 0 spiro atoms. The van der Waals surface area contributed by atoms with E-state index >= 15 is 0 Å². The van der Waals surface area contributed by atoms with E-state index in [0.717, 1.165) is 6.61 Å². The first kappa shape index (κ1) is 20.0. The molecule has 0 aliphatic rings. The van der Waals surface area contributed by atoms with Gasteiger partial charge < -0.3 is 4.74 Å². The predicted octanol–water partition coefficient (Wildman–Crippen LogP) is 3.15. The third kappa shape index (κ3) is 13.5. The molecule has 3 heteroatoms. The number of methoxy groups -OCH3 is 1. The van der Waals surface area contributed by atoms with Crippen molar-refractivity contribution in [2.75, 3.05) is 13.7 Å². The smallest absolute Gasteiger partial charge is 0.0513 e. The van der Waals surface area contributed by atoms with E-state index in [1.165, 1.54) is 6.42 Å². The quantitative estimate of drug-likeness (QED) is 0.722. The van der Waals surface area contributed by atoms with E-state index in [2.05, 4.69) is 34.6 Å². The molecule has 0 heterocycles. The molecule has 0 rings (SSSR count). The van der Waals surface area contributed by atoms with E-state index in [1.807, 2.05) is 0 Å². The van der Waals surface area contributed by atoms with Crippen molar-refractivity contribution in [2.24, 2.45) is 10.8 Å². The van der Waals surface area contributed by atoms with Gasteiger partial charge in [0.2, 0.25) is 0 Å². The molecule has 79 valence electrons. The molecule has 0 aromatic rings. The second kappa shape index (κ2) is 7.74. The molecule has 0 N–H and O–H groups in total. The van der Waals surface area contributed by atoms with Gasteiger partial charge in [-0.1, -0.05) is 34.6 Å². The molecular weight excluding hydrogens is 256 g/mol. The van der Waals surface area contributed by atoms with Crippen LogP contribution in [0.25, 0.3) is 0 Å². The fourth-order valence-electron chi connectivity index (χ4n) is 1.88. The Morgan fingerprint density at radius 3 is 1.62 bits per heavy atom. The van der Waals surface area contributed by atoms with Crippen LogP contribution in [0.2, 0.25) is 0 Å². The van der Waals surface area contributed by atoms with Crippen LogP contribution in [-0.2, 0) is 37.4 Å². The first-order chi connectivity index (χ1) is 4.77. The van der Waals surface area contributed by atoms with Gasteiger partial charge in [-0.3, -0.25) is 0 Å². The molecule has 13 heavy (non-hydrogen) atoms. The van der Waals surface area contributed by atoms with Gasteiger partial charge >= 0.3 is 0 Å². The zero-order valence-electron chi connectivity index (χ0n) is 10.1. The van der Waals surface area contributed by atoms with E-state index in [4.69, 9.17) is 4.74 Å².